The van der Waals surface area contributed by atoms with Gasteiger partial charge in [0.2, 0.25) is 0 Å². The molecule has 2 aromatic carbocycles. The minimum atomic E-state index is -0.439. The number of amides is 1. The fraction of sp³-hybridized carbons (Fsp3) is 0.235. The molecule has 0 heterocycles. The van der Waals surface area contributed by atoms with Gasteiger partial charge in [-0.2, -0.15) is 0 Å². The van der Waals surface area contributed by atoms with Gasteiger partial charge in [0.25, 0.3) is 5.91 Å². The number of aryl methyl sites for hydroxylation is 1. The van der Waals surface area contributed by atoms with Crippen molar-refractivity contribution in [2.45, 2.75) is 20.4 Å². The van der Waals surface area contributed by atoms with Crippen molar-refractivity contribution in [3.8, 4) is 0 Å². The van der Waals surface area contributed by atoms with Crippen LogP contribution in [0.2, 0.25) is 0 Å². The van der Waals surface area contributed by atoms with Gasteiger partial charge >= 0.3 is 0 Å². The Balaban J connectivity index is 2.22. The number of nitrogens with zero attached hydrogens (tertiary/aromatic N) is 1. The lowest BCUT2D eigenvalue weighted by molar-refractivity contribution is 0.0753. The summed E-state index contributed by atoms with van der Waals surface area (Å²) in [6, 6.07) is 11.9. The first-order chi connectivity index (χ1) is 10.0. The third-order valence-electron chi connectivity index (χ3n) is 3.37. The van der Waals surface area contributed by atoms with Crippen LogP contribution in [0.4, 0.5) is 10.1 Å². The average molecular weight is 286 g/mol. The number of rotatable bonds is 4. The molecule has 0 aliphatic rings. The summed E-state index contributed by atoms with van der Waals surface area (Å²) in [6.45, 7) is 4.99. The Hall–Kier alpha value is -2.36. The number of carbonyl (C=O) groups is 1. The smallest absolute Gasteiger partial charge is 0.256 e. The van der Waals surface area contributed by atoms with Crippen molar-refractivity contribution in [1.82, 2.24) is 4.90 Å². The van der Waals surface area contributed by atoms with Crippen molar-refractivity contribution >= 4 is 11.6 Å². The van der Waals surface area contributed by atoms with Crippen molar-refractivity contribution in [3.05, 3.63) is 65.0 Å². The van der Waals surface area contributed by atoms with Gasteiger partial charge in [0, 0.05) is 18.8 Å². The zero-order chi connectivity index (χ0) is 15.4. The summed E-state index contributed by atoms with van der Waals surface area (Å²) in [4.78, 5) is 14.2. The molecule has 2 aromatic rings. The Labute approximate surface area is 124 Å². The van der Waals surface area contributed by atoms with E-state index in [-0.39, 0.29) is 11.6 Å². The fourth-order valence-corrected chi connectivity index (χ4v) is 2.26. The van der Waals surface area contributed by atoms with E-state index in [9.17, 15) is 9.18 Å². The first-order valence-corrected chi connectivity index (χ1v) is 6.91. The normalized spacial score (nSPS) is 10.4. The third-order valence-corrected chi connectivity index (χ3v) is 3.37. The number of hydrogen-bond donors (Lipinski definition) is 1. The molecule has 2 rings (SSSR count). The third kappa shape index (κ3) is 3.60. The predicted molar refractivity (Wildman–Crippen MR) is 82.4 cm³/mol. The summed E-state index contributed by atoms with van der Waals surface area (Å²) in [7, 11) is 0. The first kappa shape index (κ1) is 15.0. The van der Waals surface area contributed by atoms with Crippen LogP contribution in [-0.2, 0) is 6.54 Å². The zero-order valence-corrected chi connectivity index (χ0v) is 12.3. The van der Waals surface area contributed by atoms with Crippen LogP contribution in [0.3, 0.4) is 0 Å². The Morgan fingerprint density at radius 2 is 2.00 bits per heavy atom. The summed E-state index contributed by atoms with van der Waals surface area (Å²) >= 11 is 0. The Bertz CT molecular complexity index is 655. The molecule has 0 saturated carbocycles. The van der Waals surface area contributed by atoms with E-state index < -0.39 is 5.82 Å². The molecule has 2 N–H and O–H groups in total. The molecule has 0 saturated heterocycles. The van der Waals surface area contributed by atoms with Gasteiger partial charge in [0.1, 0.15) is 5.82 Å². The minimum Gasteiger partial charge on any atom is -0.398 e. The lowest BCUT2D eigenvalue weighted by atomic mass is 10.1. The van der Waals surface area contributed by atoms with Gasteiger partial charge in [0.15, 0.2) is 0 Å². The molecule has 1 amide bonds. The molecular formula is C17H19FN2O. The SMILES string of the molecule is CCN(Cc1cccc(C)c1)C(=O)c1ccc(F)cc1N. The number of hydrogen-bond acceptors (Lipinski definition) is 2. The van der Waals surface area contributed by atoms with Crippen molar-refractivity contribution in [2.24, 2.45) is 0 Å². The van der Waals surface area contributed by atoms with E-state index in [0.717, 1.165) is 11.1 Å². The molecule has 110 valence electrons. The minimum absolute atomic E-state index is 0.169. The van der Waals surface area contributed by atoms with Gasteiger partial charge in [-0.25, -0.2) is 4.39 Å². The zero-order valence-electron chi connectivity index (χ0n) is 12.3. The van der Waals surface area contributed by atoms with Crippen LogP contribution in [0.25, 0.3) is 0 Å². The van der Waals surface area contributed by atoms with Crippen molar-refractivity contribution in [3.63, 3.8) is 0 Å². The van der Waals surface area contributed by atoms with Crippen LogP contribution in [0, 0.1) is 12.7 Å². The second kappa shape index (κ2) is 6.39. The van der Waals surface area contributed by atoms with Crippen molar-refractivity contribution < 1.29 is 9.18 Å². The van der Waals surface area contributed by atoms with Crippen LogP contribution in [0.1, 0.15) is 28.4 Å². The molecule has 0 radical (unpaired) electrons. The highest BCUT2D eigenvalue weighted by Crippen LogP contribution is 2.17. The van der Waals surface area contributed by atoms with Crippen LogP contribution < -0.4 is 5.73 Å². The van der Waals surface area contributed by atoms with Gasteiger partial charge in [-0.3, -0.25) is 4.79 Å². The molecule has 0 aliphatic heterocycles. The van der Waals surface area contributed by atoms with E-state index in [1.54, 1.807) is 4.90 Å². The van der Waals surface area contributed by atoms with E-state index in [2.05, 4.69) is 0 Å². The van der Waals surface area contributed by atoms with E-state index in [1.807, 2.05) is 38.1 Å². The number of nitrogen functional groups attached to an aromatic ring is 1. The molecule has 0 aliphatic carbocycles. The summed E-state index contributed by atoms with van der Waals surface area (Å²) in [5, 5.41) is 0. The molecule has 0 atom stereocenters. The Kier molecular flexibility index (Phi) is 4.58. The van der Waals surface area contributed by atoms with Gasteiger partial charge in [-0.15, -0.1) is 0 Å². The molecule has 0 aromatic heterocycles. The lowest BCUT2D eigenvalue weighted by Gasteiger charge is -2.22. The van der Waals surface area contributed by atoms with Gasteiger partial charge in [-0.05, 0) is 37.6 Å². The number of benzene rings is 2. The van der Waals surface area contributed by atoms with Crippen LogP contribution in [0.5, 0.6) is 0 Å². The summed E-state index contributed by atoms with van der Waals surface area (Å²) in [5.41, 5.74) is 8.46. The quantitative estimate of drug-likeness (QED) is 0.876. The van der Waals surface area contributed by atoms with Gasteiger partial charge in [-0.1, -0.05) is 29.8 Å². The fourth-order valence-electron chi connectivity index (χ4n) is 2.26. The van der Waals surface area contributed by atoms with E-state index in [4.69, 9.17) is 5.73 Å². The molecule has 21 heavy (non-hydrogen) atoms. The number of anilines is 1. The van der Waals surface area contributed by atoms with Crippen LogP contribution in [0.15, 0.2) is 42.5 Å². The topological polar surface area (TPSA) is 46.3 Å². The molecular weight excluding hydrogens is 267 g/mol. The second-order valence-corrected chi connectivity index (χ2v) is 5.04. The monoisotopic (exact) mass is 286 g/mol. The predicted octanol–water partition coefficient (Wildman–Crippen LogP) is 3.38. The molecule has 3 nitrogen and oxygen atoms in total. The molecule has 0 spiro atoms. The van der Waals surface area contributed by atoms with Crippen LogP contribution in [-0.4, -0.2) is 17.4 Å². The molecule has 0 unspecified atom stereocenters. The van der Waals surface area contributed by atoms with Crippen LogP contribution >= 0.6 is 0 Å². The number of nitrogens with two attached hydrogens (primary N) is 1. The maximum Gasteiger partial charge on any atom is 0.256 e. The van der Waals surface area contributed by atoms with Gasteiger partial charge < -0.3 is 10.6 Å². The lowest BCUT2D eigenvalue weighted by Crippen LogP contribution is -2.31. The standard InChI is InChI=1S/C17H19FN2O/c1-3-20(11-13-6-4-5-12(2)9-13)17(21)15-8-7-14(18)10-16(15)19/h4-10H,3,11,19H2,1-2H3. The molecule has 0 bridgehead atoms. The van der Waals surface area contributed by atoms with Gasteiger partial charge in [0.05, 0.1) is 5.56 Å². The van der Waals surface area contributed by atoms with Crippen molar-refractivity contribution in [1.29, 1.82) is 0 Å². The number of halogens is 1. The summed E-state index contributed by atoms with van der Waals surface area (Å²) < 4.78 is 13.1. The van der Waals surface area contributed by atoms with E-state index in [0.29, 0.717) is 18.7 Å². The first-order valence-electron chi connectivity index (χ1n) is 6.91. The largest absolute Gasteiger partial charge is 0.398 e. The highest BCUT2D eigenvalue weighted by atomic mass is 19.1. The maximum atomic E-state index is 13.1. The van der Waals surface area contributed by atoms with Crippen molar-refractivity contribution in [2.75, 3.05) is 12.3 Å². The maximum absolute atomic E-state index is 13.1. The highest BCUT2D eigenvalue weighted by Gasteiger charge is 2.17. The number of carbonyl (C=O) groups excluding carboxylic acids is 1. The second-order valence-electron chi connectivity index (χ2n) is 5.04. The van der Waals surface area contributed by atoms with E-state index in [1.165, 1.54) is 18.2 Å². The average Bonchev–Trinajstić information content (AvgIpc) is 2.44. The summed E-state index contributed by atoms with van der Waals surface area (Å²) in [6.07, 6.45) is 0. The highest BCUT2D eigenvalue weighted by molar-refractivity contribution is 5.99. The molecule has 0 fully saturated rings. The Morgan fingerprint density at radius 1 is 1.24 bits per heavy atom. The molecule has 4 heteroatoms. The summed E-state index contributed by atoms with van der Waals surface area (Å²) in [5.74, 6) is -0.623. The van der Waals surface area contributed by atoms with E-state index >= 15 is 0 Å². The Morgan fingerprint density at radius 3 is 2.62 bits per heavy atom.